The summed E-state index contributed by atoms with van der Waals surface area (Å²) >= 11 is 0. The predicted molar refractivity (Wildman–Crippen MR) is 79.5 cm³/mol. The number of carbonyl (C=O) groups is 2. The van der Waals surface area contributed by atoms with Gasteiger partial charge in [-0.25, -0.2) is 0 Å². The summed E-state index contributed by atoms with van der Waals surface area (Å²) in [6, 6.07) is 10.0. The molecule has 0 radical (unpaired) electrons. The monoisotopic (exact) mass is 290 g/mol. The molecule has 2 rings (SSSR count). The number of likely N-dealkylation sites (N-methyl/N-ethyl adjacent to an activating group) is 1. The van der Waals surface area contributed by atoms with Gasteiger partial charge in [0.2, 0.25) is 5.91 Å². The molecule has 1 aliphatic carbocycles. The van der Waals surface area contributed by atoms with Crippen LogP contribution in [0, 0.1) is 0 Å². The Labute approximate surface area is 125 Å². The molecule has 0 aromatic heterocycles. The van der Waals surface area contributed by atoms with Crippen molar-refractivity contribution >= 4 is 11.8 Å². The number of carbonyl (C=O) groups excluding carboxylic acids is 2. The quantitative estimate of drug-likeness (QED) is 0.824. The standard InChI is InChI=1S/C16H22N2O3/c1-12(21-11-13-6-4-3-5-7-13)16(20)18(2)10-15(19)17-14-8-9-14/h3-7,12,14H,8-11H2,1-2H3,(H,17,19)/t12-/m0/s1. The van der Waals surface area contributed by atoms with Gasteiger partial charge >= 0.3 is 0 Å². The summed E-state index contributed by atoms with van der Waals surface area (Å²) in [5, 5.41) is 2.86. The minimum Gasteiger partial charge on any atom is -0.364 e. The Hall–Kier alpha value is -1.88. The van der Waals surface area contributed by atoms with Gasteiger partial charge in [-0.3, -0.25) is 9.59 Å². The van der Waals surface area contributed by atoms with E-state index in [1.807, 2.05) is 30.3 Å². The number of hydrogen-bond acceptors (Lipinski definition) is 3. The lowest BCUT2D eigenvalue weighted by molar-refractivity contribution is -0.144. The number of nitrogens with zero attached hydrogens (tertiary/aromatic N) is 1. The minimum absolute atomic E-state index is 0.0777. The van der Waals surface area contributed by atoms with E-state index < -0.39 is 6.10 Å². The van der Waals surface area contributed by atoms with Gasteiger partial charge in [0.05, 0.1) is 13.2 Å². The van der Waals surface area contributed by atoms with Crippen LogP contribution in [0.5, 0.6) is 0 Å². The first-order valence-electron chi connectivity index (χ1n) is 7.26. The van der Waals surface area contributed by atoms with Gasteiger partial charge in [0.25, 0.3) is 5.91 Å². The van der Waals surface area contributed by atoms with Gasteiger partial charge < -0.3 is 15.0 Å². The molecule has 1 N–H and O–H groups in total. The number of benzene rings is 1. The van der Waals surface area contributed by atoms with Crippen molar-refractivity contribution in [3.63, 3.8) is 0 Å². The van der Waals surface area contributed by atoms with Crippen LogP contribution in [0.3, 0.4) is 0 Å². The van der Waals surface area contributed by atoms with Crippen molar-refractivity contribution < 1.29 is 14.3 Å². The van der Waals surface area contributed by atoms with E-state index in [1.165, 1.54) is 4.90 Å². The van der Waals surface area contributed by atoms with Gasteiger partial charge in [-0.2, -0.15) is 0 Å². The maximum Gasteiger partial charge on any atom is 0.251 e. The van der Waals surface area contributed by atoms with Gasteiger partial charge in [-0.1, -0.05) is 30.3 Å². The Kier molecular flexibility index (Phi) is 5.33. The molecule has 0 heterocycles. The maximum atomic E-state index is 12.1. The molecular weight excluding hydrogens is 268 g/mol. The fourth-order valence-corrected chi connectivity index (χ4v) is 1.97. The van der Waals surface area contributed by atoms with Crippen LogP contribution in [0.2, 0.25) is 0 Å². The van der Waals surface area contributed by atoms with Crippen molar-refractivity contribution in [1.29, 1.82) is 0 Å². The molecule has 0 aliphatic heterocycles. The smallest absolute Gasteiger partial charge is 0.251 e. The molecule has 1 saturated carbocycles. The van der Waals surface area contributed by atoms with E-state index in [2.05, 4.69) is 5.32 Å². The van der Waals surface area contributed by atoms with Crippen LogP contribution in [0.1, 0.15) is 25.3 Å². The SMILES string of the molecule is C[C@H](OCc1ccccc1)C(=O)N(C)CC(=O)NC1CC1. The molecule has 21 heavy (non-hydrogen) atoms. The van der Waals surface area contributed by atoms with Crippen molar-refractivity contribution in [2.45, 2.75) is 38.5 Å². The molecule has 0 bridgehead atoms. The number of nitrogens with one attached hydrogen (secondary N) is 1. The molecule has 2 amide bonds. The molecule has 5 nitrogen and oxygen atoms in total. The lowest BCUT2D eigenvalue weighted by Crippen LogP contribution is -2.43. The topological polar surface area (TPSA) is 58.6 Å². The van der Waals surface area contributed by atoms with Crippen LogP contribution >= 0.6 is 0 Å². The summed E-state index contributed by atoms with van der Waals surface area (Å²) in [6.07, 6.45) is 1.52. The van der Waals surface area contributed by atoms with Crippen LogP contribution in [-0.4, -0.2) is 42.5 Å². The first-order chi connectivity index (χ1) is 10.1. The van der Waals surface area contributed by atoms with Crippen LogP contribution in [-0.2, 0) is 20.9 Å². The molecule has 114 valence electrons. The summed E-state index contributed by atoms with van der Waals surface area (Å²) in [5.74, 6) is -0.291. The van der Waals surface area contributed by atoms with Crippen molar-refractivity contribution in [2.75, 3.05) is 13.6 Å². The van der Waals surface area contributed by atoms with Gasteiger partial charge in [0.15, 0.2) is 0 Å². The Morgan fingerprint density at radius 2 is 2.00 bits per heavy atom. The molecule has 1 aromatic rings. The highest BCUT2D eigenvalue weighted by molar-refractivity contribution is 5.86. The summed E-state index contributed by atoms with van der Waals surface area (Å²) < 4.78 is 5.56. The molecule has 0 unspecified atom stereocenters. The van der Waals surface area contributed by atoms with Gasteiger partial charge in [0, 0.05) is 13.1 Å². The van der Waals surface area contributed by atoms with E-state index in [-0.39, 0.29) is 18.4 Å². The summed E-state index contributed by atoms with van der Waals surface area (Å²) in [6.45, 7) is 2.17. The average Bonchev–Trinajstić information content (AvgIpc) is 3.28. The summed E-state index contributed by atoms with van der Waals surface area (Å²) in [4.78, 5) is 25.2. The zero-order valence-electron chi connectivity index (χ0n) is 12.5. The average molecular weight is 290 g/mol. The zero-order chi connectivity index (χ0) is 15.2. The van der Waals surface area contributed by atoms with E-state index in [0.717, 1.165) is 18.4 Å². The molecule has 1 atom stereocenters. The van der Waals surface area contributed by atoms with Crippen LogP contribution in [0.25, 0.3) is 0 Å². The van der Waals surface area contributed by atoms with Crippen LogP contribution < -0.4 is 5.32 Å². The zero-order valence-corrected chi connectivity index (χ0v) is 12.5. The fraction of sp³-hybridized carbons (Fsp3) is 0.500. The Morgan fingerprint density at radius 3 is 2.62 bits per heavy atom. The van der Waals surface area contributed by atoms with Crippen LogP contribution in [0.15, 0.2) is 30.3 Å². The van der Waals surface area contributed by atoms with Crippen molar-refractivity contribution in [1.82, 2.24) is 10.2 Å². The molecule has 1 aromatic carbocycles. The first-order valence-corrected chi connectivity index (χ1v) is 7.26. The normalized spacial score (nSPS) is 15.3. The van der Waals surface area contributed by atoms with Crippen molar-refractivity contribution in [2.24, 2.45) is 0 Å². The predicted octanol–water partition coefficient (Wildman–Crippen LogP) is 1.33. The number of hydrogen-bond donors (Lipinski definition) is 1. The van der Waals surface area contributed by atoms with Crippen molar-refractivity contribution in [3.05, 3.63) is 35.9 Å². The van der Waals surface area contributed by atoms with Crippen LogP contribution in [0.4, 0.5) is 0 Å². The molecule has 5 heteroatoms. The Balaban J connectivity index is 1.73. The molecular formula is C16H22N2O3. The Bertz CT molecular complexity index is 486. The highest BCUT2D eigenvalue weighted by Crippen LogP contribution is 2.18. The molecule has 0 spiro atoms. The number of amides is 2. The molecule has 1 fully saturated rings. The third-order valence-electron chi connectivity index (χ3n) is 3.39. The minimum atomic E-state index is -0.566. The van der Waals surface area contributed by atoms with E-state index in [1.54, 1.807) is 14.0 Å². The maximum absolute atomic E-state index is 12.1. The molecule has 0 saturated heterocycles. The van der Waals surface area contributed by atoms with E-state index in [0.29, 0.717) is 12.6 Å². The number of ether oxygens (including phenoxy) is 1. The number of rotatable bonds is 7. The lowest BCUT2D eigenvalue weighted by atomic mass is 10.2. The van der Waals surface area contributed by atoms with E-state index in [9.17, 15) is 9.59 Å². The van der Waals surface area contributed by atoms with E-state index >= 15 is 0 Å². The third kappa shape index (κ3) is 5.19. The second-order valence-electron chi connectivity index (χ2n) is 5.47. The third-order valence-corrected chi connectivity index (χ3v) is 3.39. The van der Waals surface area contributed by atoms with Crippen molar-refractivity contribution in [3.8, 4) is 0 Å². The van der Waals surface area contributed by atoms with E-state index in [4.69, 9.17) is 4.74 Å². The first kappa shape index (κ1) is 15.5. The highest BCUT2D eigenvalue weighted by atomic mass is 16.5. The second-order valence-corrected chi connectivity index (χ2v) is 5.47. The van der Waals surface area contributed by atoms with Gasteiger partial charge in [-0.15, -0.1) is 0 Å². The van der Waals surface area contributed by atoms with Gasteiger partial charge in [-0.05, 0) is 25.3 Å². The molecule has 1 aliphatic rings. The second kappa shape index (κ2) is 7.22. The summed E-state index contributed by atoms with van der Waals surface area (Å²) in [7, 11) is 1.62. The lowest BCUT2D eigenvalue weighted by Gasteiger charge is -2.21. The highest BCUT2D eigenvalue weighted by Gasteiger charge is 2.25. The summed E-state index contributed by atoms with van der Waals surface area (Å²) in [5.41, 5.74) is 1.02. The van der Waals surface area contributed by atoms with Gasteiger partial charge in [0.1, 0.15) is 6.10 Å². The largest absolute Gasteiger partial charge is 0.364 e. The fourth-order valence-electron chi connectivity index (χ4n) is 1.97. The Morgan fingerprint density at radius 1 is 1.33 bits per heavy atom.